The maximum absolute atomic E-state index is 12.5. The van der Waals surface area contributed by atoms with Crippen molar-refractivity contribution in [2.75, 3.05) is 37.7 Å². The van der Waals surface area contributed by atoms with Crippen LogP contribution in [0.15, 0.2) is 0 Å². The fourth-order valence-corrected chi connectivity index (χ4v) is 4.56. The molecule has 3 aliphatic rings. The van der Waals surface area contributed by atoms with Crippen molar-refractivity contribution < 1.29 is 4.79 Å². The third-order valence-electron chi connectivity index (χ3n) is 4.68. The number of fused-ring (bicyclic) bond motifs is 1. The first kappa shape index (κ1) is 19.4. The number of rotatable bonds is 2. The number of hydrogen-bond acceptors (Lipinski definition) is 4. The van der Waals surface area contributed by atoms with Crippen molar-refractivity contribution in [2.24, 2.45) is 0 Å². The van der Waals surface area contributed by atoms with Crippen LogP contribution in [0.25, 0.3) is 0 Å². The number of nitrogens with zero attached hydrogens (tertiary/aromatic N) is 2. The largest absolute Gasteiger partial charge is 0.337 e. The zero-order chi connectivity index (χ0) is 13.2. The first-order valence-electron chi connectivity index (χ1n) is 7.58. The molecular weight excluding hydrogens is 329 g/mol. The molecule has 0 saturated carbocycles. The number of carbonyl (C=O) groups excluding carboxylic acids is 1. The fourth-order valence-electron chi connectivity index (χ4n) is 3.61. The van der Waals surface area contributed by atoms with Crippen molar-refractivity contribution >= 4 is 42.5 Å². The molecule has 4 nitrogen and oxygen atoms in total. The van der Waals surface area contributed by atoms with Gasteiger partial charge in [0.25, 0.3) is 0 Å². The maximum atomic E-state index is 12.5. The Hall–Kier alpha value is 0.320. The van der Waals surface area contributed by atoms with Gasteiger partial charge in [0.1, 0.15) is 0 Å². The summed E-state index contributed by atoms with van der Waals surface area (Å²) < 4.78 is 0. The van der Waals surface area contributed by atoms with Gasteiger partial charge in [-0.3, -0.25) is 9.69 Å². The Morgan fingerprint density at radius 1 is 1.33 bits per heavy atom. The Balaban J connectivity index is 0.00000110. The number of nitrogens with one attached hydrogen (secondary N) is 1. The lowest BCUT2D eigenvalue weighted by Gasteiger charge is -2.43. The van der Waals surface area contributed by atoms with Crippen molar-refractivity contribution in [1.29, 1.82) is 0 Å². The summed E-state index contributed by atoms with van der Waals surface area (Å²) in [6.45, 7) is 6.52. The molecule has 0 bridgehead atoms. The number of amides is 1. The van der Waals surface area contributed by atoms with Crippen LogP contribution < -0.4 is 5.32 Å². The van der Waals surface area contributed by atoms with Crippen molar-refractivity contribution in [3.63, 3.8) is 0 Å². The second kappa shape index (κ2) is 8.82. The molecule has 7 heteroatoms. The molecule has 3 fully saturated rings. The Morgan fingerprint density at radius 3 is 2.86 bits per heavy atom. The van der Waals surface area contributed by atoms with Gasteiger partial charge in [-0.25, -0.2) is 0 Å². The highest BCUT2D eigenvalue weighted by Crippen LogP contribution is 2.25. The first-order chi connectivity index (χ1) is 9.24. The molecule has 0 spiro atoms. The lowest BCUT2D eigenvalue weighted by atomic mass is 10.1. The molecule has 0 aromatic rings. The quantitative estimate of drug-likeness (QED) is 0.816. The lowest BCUT2D eigenvalue weighted by Crippen LogP contribution is -2.57. The van der Waals surface area contributed by atoms with Crippen molar-refractivity contribution in [3.8, 4) is 0 Å². The summed E-state index contributed by atoms with van der Waals surface area (Å²) in [5.41, 5.74) is 0. The number of piperazine rings is 1. The molecule has 0 aliphatic carbocycles. The molecule has 3 heterocycles. The van der Waals surface area contributed by atoms with E-state index in [0.29, 0.717) is 30.5 Å². The van der Waals surface area contributed by atoms with Gasteiger partial charge >= 0.3 is 0 Å². The summed E-state index contributed by atoms with van der Waals surface area (Å²) >= 11 is 1.97. The lowest BCUT2D eigenvalue weighted by molar-refractivity contribution is -0.137. The topological polar surface area (TPSA) is 35.6 Å². The minimum Gasteiger partial charge on any atom is -0.337 e. The van der Waals surface area contributed by atoms with Gasteiger partial charge in [0.05, 0.1) is 0 Å². The van der Waals surface area contributed by atoms with Gasteiger partial charge in [-0.2, -0.15) is 11.8 Å². The van der Waals surface area contributed by atoms with Gasteiger partial charge in [0, 0.05) is 55.7 Å². The maximum Gasteiger partial charge on any atom is 0.224 e. The Morgan fingerprint density at radius 2 is 2.14 bits per heavy atom. The molecule has 3 aliphatic heterocycles. The molecule has 124 valence electrons. The normalized spacial score (nSPS) is 32.8. The minimum absolute atomic E-state index is 0. The molecule has 0 aromatic carbocycles. The fraction of sp³-hybridized carbons (Fsp3) is 0.929. The summed E-state index contributed by atoms with van der Waals surface area (Å²) in [6, 6.07) is 1.41. The van der Waals surface area contributed by atoms with Gasteiger partial charge in [-0.15, -0.1) is 24.8 Å². The predicted octanol–water partition coefficient (Wildman–Crippen LogP) is 1.62. The SMILES string of the molecule is CC1CN2CCCC2CN1C(=O)CC1CSCCN1.Cl.Cl. The van der Waals surface area contributed by atoms with Crippen LogP contribution in [-0.2, 0) is 4.79 Å². The van der Waals surface area contributed by atoms with E-state index in [1.165, 1.54) is 25.1 Å². The van der Waals surface area contributed by atoms with Crippen molar-refractivity contribution in [1.82, 2.24) is 15.1 Å². The van der Waals surface area contributed by atoms with E-state index in [9.17, 15) is 4.79 Å². The second-order valence-corrected chi connectivity index (χ2v) is 7.27. The summed E-state index contributed by atoms with van der Waals surface area (Å²) in [5, 5.41) is 3.47. The van der Waals surface area contributed by atoms with Crippen LogP contribution in [0.1, 0.15) is 26.2 Å². The molecule has 1 N–H and O–H groups in total. The van der Waals surface area contributed by atoms with Gasteiger partial charge < -0.3 is 10.2 Å². The number of halogens is 2. The van der Waals surface area contributed by atoms with Gasteiger partial charge in [-0.05, 0) is 26.3 Å². The number of hydrogen-bond donors (Lipinski definition) is 1. The Bertz CT molecular complexity index is 342. The smallest absolute Gasteiger partial charge is 0.224 e. The van der Waals surface area contributed by atoms with Crippen LogP contribution in [0.3, 0.4) is 0 Å². The standard InChI is InChI=1S/C14H25N3OS.2ClH/c1-11-8-16-5-2-3-13(16)9-17(11)14(18)7-12-10-19-6-4-15-12;;/h11-13,15H,2-10H2,1H3;2*1H. The Labute approximate surface area is 144 Å². The summed E-state index contributed by atoms with van der Waals surface area (Å²) in [4.78, 5) is 17.2. The van der Waals surface area contributed by atoms with E-state index >= 15 is 0 Å². The number of thioether (sulfide) groups is 1. The van der Waals surface area contributed by atoms with E-state index in [1.54, 1.807) is 0 Å². The van der Waals surface area contributed by atoms with Gasteiger partial charge in [-0.1, -0.05) is 0 Å². The number of carbonyl (C=O) groups is 1. The van der Waals surface area contributed by atoms with Crippen LogP contribution >= 0.6 is 36.6 Å². The zero-order valence-electron chi connectivity index (χ0n) is 12.6. The van der Waals surface area contributed by atoms with E-state index in [1.807, 2.05) is 11.8 Å². The van der Waals surface area contributed by atoms with Crippen LogP contribution in [0.5, 0.6) is 0 Å². The molecule has 1 amide bonds. The molecule has 3 saturated heterocycles. The highest BCUT2D eigenvalue weighted by molar-refractivity contribution is 7.99. The minimum atomic E-state index is 0. The molecule has 21 heavy (non-hydrogen) atoms. The molecule has 3 atom stereocenters. The molecule has 3 unspecified atom stereocenters. The second-order valence-electron chi connectivity index (χ2n) is 6.12. The van der Waals surface area contributed by atoms with Crippen LogP contribution in [0.2, 0.25) is 0 Å². The van der Waals surface area contributed by atoms with E-state index < -0.39 is 0 Å². The summed E-state index contributed by atoms with van der Waals surface area (Å²) in [7, 11) is 0. The average molecular weight is 356 g/mol. The van der Waals surface area contributed by atoms with Gasteiger partial charge in [0.15, 0.2) is 0 Å². The first-order valence-corrected chi connectivity index (χ1v) is 8.74. The third-order valence-corrected chi connectivity index (χ3v) is 5.81. The van der Waals surface area contributed by atoms with Crippen LogP contribution in [0, 0.1) is 0 Å². The summed E-state index contributed by atoms with van der Waals surface area (Å²) in [5.74, 6) is 2.63. The van der Waals surface area contributed by atoms with Gasteiger partial charge in [0.2, 0.25) is 5.91 Å². The van der Waals surface area contributed by atoms with Crippen molar-refractivity contribution in [3.05, 3.63) is 0 Å². The molecular formula is C14H27Cl2N3OS. The molecule has 0 radical (unpaired) electrons. The average Bonchev–Trinajstić information content (AvgIpc) is 2.86. The van der Waals surface area contributed by atoms with E-state index in [2.05, 4.69) is 22.0 Å². The molecule has 0 aromatic heterocycles. The summed E-state index contributed by atoms with van der Waals surface area (Å²) in [6.07, 6.45) is 3.26. The van der Waals surface area contributed by atoms with E-state index in [4.69, 9.17) is 0 Å². The molecule has 3 rings (SSSR count). The predicted molar refractivity (Wildman–Crippen MR) is 94.0 cm³/mol. The van der Waals surface area contributed by atoms with E-state index in [-0.39, 0.29) is 24.8 Å². The monoisotopic (exact) mass is 355 g/mol. The third kappa shape index (κ3) is 4.64. The van der Waals surface area contributed by atoms with Crippen LogP contribution in [0.4, 0.5) is 0 Å². The highest BCUT2D eigenvalue weighted by Gasteiger charge is 2.36. The van der Waals surface area contributed by atoms with Crippen molar-refractivity contribution in [2.45, 2.75) is 44.3 Å². The van der Waals surface area contributed by atoms with Crippen LogP contribution in [-0.4, -0.2) is 71.5 Å². The zero-order valence-corrected chi connectivity index (χ0v) is 15.1. The van der Waals surface area contributed by atoms with E-state index in [0.717, 1.165) is 25.4 Å². The highest BCUT2D eigenvalue weighted by atomic mass is 35.5. The Kier molecular flexibility index (Phi) is 8.14.